The average Bonchev–Trinajstić information content (AvgIpc) is 2.45. The third-order valence-corrected chi connectivity index (χ3v) is 2.99. The summed E-state index contributed by atoms with van der Waals surface area (Å²) in [6.07, 6.45) is -0.566. The van der Waals surface area contributed by atoms with Crippen LogP contribution in [0.4, 0.5) is 14.7 Å². The smallest absolute Gasteiger partial charge is 0.341 e. The number of hydrogen-bond acceptors (Lipinski definition) is 5. The van der Waals surface area contributed by atoms with Crippen LogP contribution in [0.1, 0.15) is 36.3 Å². The Balaban J connectivity index is 2.75. The molecule has 1 rings (SSSR count). The van der Waals surface area contributed by atoms with Gasteiger partial charge < -0.3 is 4.74 Å². The molecule has 0 spiro atoms. The Bertz CT molecular complexity index is 613. The number of aryl methyl sites for hydroxylation is 1. The number of carbonyl (C=O) groups is 2. The van der Waals surface area contributed by atoms with E-state index < -0.39 is 12.0 Å². The number of carbonyl (C=O) groups excluding carboxylic acids is 2. The predicted molar refractivity (Wildman–Crippen MR) is 75.7 cm³/mol. The minimum atomic E-state index is -1.77. The van der Waals surface area contributed by atoms with Crippen molar-refractivity contribution >= 4 is 17.8 Å². The van der Waals surface area contributed by atoms with E-state index in [0.717, 1.165) is 0 Å². The molecule has 0 atom stereocenters. The number of aromatic nitrogens is 2. The highest BCUT2D eigenvalue weighted by atomic mass is 19.3. The van der Waals surface area contributed by atoms with E-state index in [2.05, 4.69) is 9.97 Å². The van der Waals surface area contributed by atoms with Crippen molar-refractivity contribution in [1.82, 2.24) is 9.97 Å². The lowest BCUT2D eigenvalue weighted by atomic mass is 10.2. The van der Waals surface area contributed by atoms with Crippen molar-refractivity contribution in [2.45, 2.75) is 27.2 Å². The van der Waals surface area contributed by atoms with Crippen molar-refractivity contribution in [2.24, 2.45) is 0 Å². The Morgan fingerprint density at radius 3 is 2.45 bits per heavy atom. The zero-order chi connectivity index (χ0) is 16.9. The summed E-state index contributed by atoms with van der Waals surface area (Å²) in [6, 6.07) is 0. The quantitative estimate of drug-likeness (QED) is 0.781. The molecule has 22 heavy (non-hydrogen) atoms. The summed E-state index contributed by atoms with van der Waals surface area (Å²) < 4.78 is 29.3. The summed E-state index contributed by atoms with van der Waals surface area (Å²) in [6.45, 7) is 4.04. The molecule has 0 aliphatic heterocycles. The maximum atomic E-state index is 12.2. The molecule has 1 amide bonds. The van der Waals surface area contributed by atoms with Gasteiger partial charge in [-0.2, -0.15) is 8.78 Å². The number of amides is 1. The van der Waals surface area contributed by atoms with Crippen molar-refractivity contribution in [1.29, 1.82) is 0 Å². The number of halogens is 2. The topological polar surface area (TPSA) is 72.4 Å². The van der Waals surface area contributed by atoms with Gasteiger partial charge in [-0.05, 0) is 19.4 Å². The maximum absolute atomic E-state index is 12.2. The monoisotopic (exact) mass is 313 g/mol. The van der Waals surface area contributed by atoms with Gasteiger partial charge in [-0.1, -0.05) is 0 Å². The van der Waals surface area contributed by atoms with E-state index in [1.54, 1.807) is 6.92 Å². The largest absolute Gasteiger partial charge is 0.462 e. The highest BCUT2D eigenvalue weighted by Gasteiger charge is 2.16. The van der Waals surface area contributed by atoms with Gasteiger partial charge in [0.2, 0.25) is 11.9 Å². The fraction of sp³-hybridized carbons (Fsp3) is 0.429. The summed E-state index contributed by atoms with van der Waals surface area (Å²) in [5.74, 6) is -0.772. The second kappa shape index (κ2) is 7.58. The summed E-state index contributed by atoms with van der Waals surface area (Å²) in [7, 11) is 1.51. The Hall–Kier alpha value is -2.38. The summed E-state index contributed by atoms with van der Waals surface area (Å²) in [5, 5.41) is 0. The molecular weight excluding hydrogens is 296 g/mol. The van der Waals surface area contributed by atoms with Crippen LogP contribution in [0, 0.1) is 6.92 Å². The third-order valence-electron chi connectivity index (χ3n) is 2.99. The maximum Gasteiger partial charge on any atom is 0.341 e. The van der Waals surface area contributed by atoms with Crippen LogP contribution in [-0.4, -0.2) is 35.5 Å². The van der Waals surface area contributed by atoms with E-state index in [9.17, 15) is 18.4 Å². The minimum Gasteiger partial charge on any atom is -0.462 e. The van der Waals surface area contributed by atoms with E-state index in [-0.39, 0.29) is 36.0 Å². The Kier molecular flexibility index (Phi) is 6.09. The van der Waals surface area contributed by atoms with E-state index in [1.165, 1.54) is 32.0 Å². The van der Waals surface area contributed by atoms with Crippen LogP contribution in [-0.2, 0) is 9.53 Å². The fourth-order valence-corrected chi connectivity index (χ4v) is 1.43. The van der Waals surface area contributed by atoms with E-state index >= 15 is 0 Å². The molecule has 0 saturated carbocycles. The molecule has 0 unspecified atom stereocenters. The molecule has 1 aromatic rings. The van der Waals surface area contributed by atoms with Gasteiger partial charge in [0.1, 0.15) is 0 Å². The number of nitrogens with zero attached hydrogens (tertiary/aromatic N) is 3. The lowest BCUT2D eigenvalue weighted by Gasteiger charge is -2.14. The van der Waals surface area contributed by atoms with Crippen LogP contribution in [0.5, 0.6) is 0 Å². The molecule has 120 valence electrons. The summed E-state index contributed by atoms with van der Waals surface area (Å²) >= 11 is 0. The standard InChI is InChI=1S/C14H17F2N3O3/c1-8(12(15)16)5-6-22-13(21)11-7-17-14(18-9(11)2)19(4)10(3)20/h7H,5-6H2,1-4H3. The van der Waals surface area contributed by atoms with Crippen LogP contribution >= 0.6 is 0 Å². The Morgan fingerprint density at radius 1 is 1.32 bits per heavy atom. The fourth-order valence-electron chi connectivity index (χ4n) is 1.43. The van der Waals surface area contributed by atoms with E-state index in [0.29, 0.717) is 5.69 Å². The first-order chi connectivity index (χ1) is 10.2. The molecule has 0 aliphatic rings. The van der Waals surface area contributed by atoms with Crippen LogP contribution in [0.3, 0.4) is 0 Å². The van der Waals surface area contributed by atoms with Crippen LogP contribution in [0.2, 0.25) is 0 Å². The number of rotatable bonds is 5. The zero-order valence-electron chi connectivity index (χ0n) is 12.8. The number of anilines is 1. The normalized spacial score (nSPS) is 10.1. The molecule has 0 saturated heterocycles. The van der Waals surface area contributed by atoms with Gasteiger partial charge in [0.05, 0.1) is 17.9 Å². The highest BCUT2D eigenvalue weighted by molar-refractivity contribution is 5.91. The molecule has 0 radical (unpaired) electrons. The van der Waals surface area contributed by atoms with Gasteiger partial charge in [-0.25, -0.2) is 14.8 Å². The molecule has 0 aliphatic carbocycles. The van der Waals surface area contributed by atoms with Crippen LogP contribution in [0.15, 0.2) is 17.9 Å². The molecule has 0 N–H and O–H groups in total. The van der Waals surface area contributed by atoms with Crippen molar-refractivity contribution in [3.63, 3.8) is 0 Å². The molecular formula is C14H17F2N3O3. The second-order valence-corrected chi connectivity index (χ2v) is 4.67. The molecule has 0 bridgehead atoms. The predicted octanol–water partition coefficient (Wildman–Crippen LogP) is 2.49. The van der Waals surface area contributed by atoms with E-state index in [1.807, 2.05) is 0 Å². The van der Waals surface area contributed by atoms with Gasteiger partial charge >= 0.3 is 5.97 Å². The van der Waals surface area contributed by atoms with Gasteiger partial charge in [0.25, 0.3) is 6.08 Å². The minimum absolute atomic E-state index is 0.0425. The zero-order valence-corrected chi connectivity index (χ0v) is 12.8. The molecule has 1 heterocycles. The second-order valence-electron chi connectivity index (χ2n) is 4.67. The van der Waals surface area contributed by atoms with Crippen molar-refractivity contribution < 1.29 is 23.1 Å². The Labute approximate surface area is 126 Å². The molecule has 1 aromatic heterocycles. The van der Waals surface area contributed by atoms with Crippen LogP contribution in [0.25, 0.3) is 0 Å². The lowest BCUT2D eigenvalue weighted by Crippen LogP contribution is -2.25. The summed E-state index contributed by atoms with van der Waals surface area (Å²) in [5.41, 5.74) is 0.342. The molecule has 0 aromatic carbocycles. The average molecular weight is 313 g/mol. The molecule has 6 nitrogen and oxygen atoms in total. The van der Waals surface area contributed by atoms with Crippen LogP contribution < -0.4 is 4.90 Å². The van der Waals surface area contributed by atoms with E-state index in [4.69, 9.17) is 4.74 Å². The number of hydrogen-bond donors (Lipinski definition) is 0. The molecule has 0 fully saturated rings. The Morgan fingerprint density at radius 2 is 1.95 bits per heavy atom. The number of esters is 1. The summed E-state index contributed by atoms with van der Waals surface area (Å²) in [4.78, 5) is 32.3. The van der Waals surface area contributed by atoms with Gasteiger partial charge in [0.15, 0.2) is 0 Å². The molecule has 8 heteroatoms. The lowest BCUT2D eigenvalue weighted by molar-refractivity contribution is -0.116. The first-order valence-electron chi connectivity index (χ1n) is 6.49. The first kappa shape index (κ1) is 17.7. The van der Waals surface area contributed by atoms with Gasteiger partial charge in [-0.15, -0.1) is 0 Å². The van der Waals surface area contributed by atoms with Gasteiger partial charge in [-0.3, -0.25) is 9.69 Å². The third kappa shape index (κ3) is 4.57. The van der Waals surface area contributed by atoms with Crippen molar-refractivity contribution in [3.8, 4) is 0 Å². The highest BCUT2D eigenvalue weighted by Crippen LogP contribution is 2.13. The van der Waals surface area contributed by atoms with Gasteiger partial charge in [0, 0.05) is 26.6 Å². The van der Waals surface area contributed by atoms with Crippen molar-refractivity contribution in [3.05, 3.63) is 29.1 Å². The van der Waals surface area contributed by atoms with Crippen molar-refractivity contribution in [2.75, 3.05) is 18.6 Å². The first-order valence-corrected chi connectivity index (χ1v) is 6.49. The SMILES string of the molecule is CC(=O)N(C)c1ncc(C(=O)OCCC(C)=C(F)F)c(C)n1. The number of ether oxygens (including phenoxy) is 1.